The molecule has 1 aliphatic carbocycles. The van der Waals surface area contributed by atoms with Gasteiger partial charge in [-0.2, -0.15) is 4.98 Å². The average molecular weight is 251 g/mol. The second-order valence-electron chi connectivity index (χ2n) is 5.20. The van der Waals surface area contributed by atoms with E-state index in [-0.39, 0.29) is 0 Å². The zero-order chi connectivity index (χ0) is 13.0. The van der Waals surface area contributed by atoms with E-state index >= 15 is 0 Å². The molecule has 0 aromatic carbocycles. The van der Waals surface area contributed by atoms with E-state index in [1.165, 1.54) is 6.42 Å². The normalized spacial score (nSPS) is 27.8. The van der Waals surface area contributed by atoms with Crippen LogP contribution in [0.25, 0.3) is 0 Å². The van der Waals surface area contributed by atoms with Gasteiger partial charge in [0.2, 0.25) is 11.8 Å². The summed E-state index contributed by atoms with van der Waals surface area (Å²) >= 11 is 0. The summed E-state index contributed by atoms with van der Waals surface area (Å²) < 4.78 is 5.04. The number of hydrogen-bond acceptors (Lipinski definition) is 5. The minimum Gasteiger partial charge on any atom is -0.481 e. The molecule has 0 bridgehead atoms. The number of nitrogens with one attached hydrogen (secondary N) is 1. The molecule has 0 spiro atoms. The van der Waals surface area contributed by atoms with E-state index in [0.29, 0.717) is 24.3 Å². The van der Waals surface area contributed by atoms with E-state index in [4.69, 9.17) is 4.74 Å². The first kappa shape index (κ1) is 13.1. The van der Waals surface area contributed by atoms with Gasteiger partial charge in [-0.05, 0) is 18.8 Å². The van der Waals surface area contributed by atoms with Gasteiger partial charge in [0, 0.05) is 18.8 Å². The van der Waals surface area contributed by atoms with Crippen LogP contribution in [-0.4, -0.2) is 34.3 Å². The topological polar surface area (TPSA) is 67.3 Å². The molecular weight excluding hydrogens is 230 g/mol. The summed E-state index contributed by atoms with van der Waals surface area (Å²) in [4.78, 5) is 8.28. The van der Waals surface area contributed by atoms with E-state index in [1.54, 1.807) is 19.4 Å². The predicted molar refractivity (Wildman–Crippen MR) is 69.7 cm³/mol. The van der Waals surface area contributed by atoms with Crippen molar-refractivity contribution < 1.29 is 9.84 Å². The summed E-state index contributed by atoms with van der Waals surface area (Å²) in [6.07, 6.45) is 5.61. The standard InChI is InChI=1S/C13H21N3O2/c1-10-4-3-6-13(17,8-10)9-15-12-14-7-5-11(16-12)18-2/h5,7,10,17H,3-4,6,8-9H2,1-2H3,(H,14,15,16)/t10-,13-/m0/s1. The lowest BCUT2D eigenvalue weighted by molar-refractivity contribution is -0.000906. The minimum atomic E-state index is -0.635. The molecule has 1 aromatic rings. The highest BCUT2D eigenvalue weighted by Gasteiger charge is 2.32. The molecule has 2 atom stereocenters. The fourth-order valence-electron chi connectivity index (χ4n) is 2.58. The molecule has 2 rings (SSSR count). The van der Waals surface area contributed by atoms with Gasteiger partial charge in [-0.15, -0.1) is 0 Å². The Morgan fingerprint density at radius 2 is 2.44 bits per heavy atom. The molecule has 0 radical (unpaired) electrons. The highest BCUT2D eigenvalue weighted by atomic mass is 16.5. The number of ether oxygens (including phenoxy) is 1. The lowest BCUT2D eigenvalue weighted by Crippen LogP contribution is -2.41. The van der Waals surface area contributed by atoms with Crippen LogP contribution >= 0.6 is 0 Å². The number of methoxy groups -OCH3 is 1. The molecule has 0 unspecified atom stereocenters. The summed E-state index contributed by atoms with van der Waals surface area (Å²) in [7, 11) is 1.57. The smallest absolute Gasteiger partial charge is 0.226 e. The Kier molecular flexibility index (Phi) is 4.01. The molecule has 18 heavy (non-hydrogen) atoms. The molecule has 100 valence electrons. The van der Waals surface area contributed by atoms with Gasteiger partial charge in [0.15, 0.2) is 0 Å². The highest BCUT2D eigenvalue weighted by molar-refractivity contribution is 5.28. The first-order chi connectivity index (χ1) is 8.61. The van der Waals surface area contributed by atoms with Crippen LogP contribution < -0.4 is 10.1 Å². The van der Waals surface area contributed by atoms with Crippen molar-refractivity contribution in [3.8, 4) is 5.88 Å². The van der Waals surface area contributed by atoms with Gasteiger partial charge in [0.05, 0.1) is 12.7 Å². The van der Waals surface area contributed by atoms with Gasteiger partial charge >= 0.3 is 0 Å². The van der Waals surface area contributed by atoms with Gasteiger partial charge in [0.25, 0.3) is 0 Å². The Morgan fingerprint density at radius 3 is 3.17 bits per heavy atom. The van der Waals surface area contributed by atoms with Crippen molar-refractivity contribution in [2.75, 3.05) is 19.0 Å². The second kappa shape index (κ2) is 5.52. The fourth-order valence-corrected chi connectivity index (χ4v) is 2.58. The Bertz CT molecular complexity index is 400. The maximum atomic E-state index is 10.5. The minimum absolute atomic E-state index is 0.491. The third-order valence-electron chi connectivity index (χ3n) is 3.48. The number of aliphatic hydroxyl groups is 1. The summed E-state index contributed by atoms with van der Waals surface area (Å²) in [6, 6.07) is 1.70. The molecule has 1 aliphatic rings. The molecule has 1 heterocycles. The Labute approximate surface area is 108 Å². The van der Waals surface area contributed by atoms with Crippen LogP contribution in [0.3, 0.4) is 0 Å². The predicted octanol–water partition coefficient (Wildman–Crippen LogP) is 1.84. The Hall–Kier alpha value is -1.36. The molecule has 1 saturated carbocycles. The zero-order valence-corrected chi connectivity index (χ0v) is 11.0. The molecule has 1 aromatic heterocycles. The van der Waals surface area contributed by atoms with Crippen molar-refractivity contribution in [1.82, 2.24) is 9.97 Å². The van der Waals surface area contributed by atoms with Crippen molar-refractivity contribution in [3.63, 3.8) is 0 Å². The van der Waals surface area contributed by atoms with E-state index in [1.807, 2.05) is 0 Å². The summed E-state index contributed by atoms with van der Waals surface area (Å²) in [5, 5.41) is 13.6. The van der Waals surface area contributed by atoms with Gasteiger partial charge in [-0.3, -0.25) is 0 Å². The van der Waals surface area contributed by atoms with Crippen LogP contribution in [0.5, 0.6) is 5.88 Å². The Morgan fingerprint density at radius 1 is 1.61 bits per heavy atom. The van der Waals surface area contributed by atoms with Crippen molar-refractivity contribution in [2.24, 2.45) is 5.92 Å². The second-order valence-corrected chi connectivity index (χ2v) is 5.20. The SMILES string of the molecule is COc1ccnc(NC[C@]2(O)CCC[C@H](C)C2)n1. The van der Waals surface area contributed by atoms with Crippen LogP contribution in [0, 0.1) is 5.92 Å². The van der Waals surface area contributed by atoms with Crippen LogP contribution in [0.15, 0.2) is 12.3 Å². The average Bonchev–Trinajstić information content (AvgIpc) is 2.37. The molecule has 5 nitrogen and oxygen atoms in total. The van der Waals surface area contributed by atoms with Gasteiger partial charge in [-0.25, -0.2) is 4.98 Å². The number of rotatable bonds is 4. The summed E-state index contributed by atoms with van der Waals surface area (Å²) in [6.45, 7) is 2.68. The van der Waals surface area contributed by atoms with Gasteiger partial charge < -0.3 is 15.2 Å². The van der Waals surface area contributed by atoms with Crippen LogP contribution in [0.4, 0.5) is 5.95 Å². The van der Waals surface area contributed by atoms with Crippen molar-refractivity contribution in [3.05, 3.63) is 12.3 Å². The van der Waals surface area contributed by atoms with Gasteiger partial charge in [-0.1, -0.05) is 19.8 Å². The number of nitrogens with zero attached hydrogens (tertiary/aromatic N) is 2. The van der Waals surface area contributed by atoms with Crippen molar-refractivity contribution in [2.45, 2.75) is 38.2 Å². The lowest BCUT2D eigenvalue weighted by atomic mass is 9.79. The monoisotopic (exact) mass is 251 g/mol. The van der Waals surface area contributed by atoms with E-state index in [2.05, 4.69) is 22.2 Å². The molecule has 1 fully saturated rings. The zero-order valence-electron chi connectivity index (χ0n) is 11.0. The van der Waals surface area contributed by atoms with Crippen LogP contribution in [-0.2, 0) is 0 Å². The van der Waals surface area contributed by atoms with E-state index in [9.17, 15) is 5.11 Å². The molecule has 2 N–H and O–H groups in total. The largest absolute Gasteiger partial charge is 0.481 e. The first-order valence-electron chi connectivity index (χ1n) is 6.45. The number of anilines is 1. The third-order valence-corrected chi connectivity index (χ3v) is 3.48. The lowest BCUT2D eigenvalue weighted by Gasteiger charge is -2.35. The van der Waals surface area contributed by atoms with Crippen molar-refractivity contribution >= 4 is 5.95 Å². The van der Waals surface area contributed by atoms with Crippen LogP contribution in [0.2, 0.25) is 0 Å². The fraction of sp³-hybridized carbons (Fsp3) is 0.692. The quantitative estimate of drug-likeness (QED) is 0.854. The highest BCUT2D eigenvalue weighted by Crippen LogP contribution is 2.32. The van der Waals surface area contributed by atoms with E-state index < -0.39 is 5.60 Å². The molecule has 5 heteroatoms. The summed E-state index contributed by atoms with van der Waals surface area (Å²) in [5.74, 6) is 1.61. The maximum Gasteiger partial charge on any atom is 0.226 e. The number of aromatic nitrogens is 2. The van der Waals surface area contributed by atoms with E-state index in [0.717, 1.165) is 19.3 Å². The molecular formula is C13H21N3O2. The molecule has 0 aliphatic heterocycles. The first-order valence-corrected chi connectivity index (χ1v) is 6.45. The van der Waals surface area contributed by atoms with Crippen LogP contribution in [0.1, 0.15) is 32.6 Å². The Balaban J connectivity index is 1.93. The maximum absolute atomic E-state index is 10.5. The number of hydrogen-bond donors (Lipinski definition) is 2. The summed E-state index contributed by atoms with van der Waals surface area (Å²) in [5.41, 5.74) is -0.635. The molecule has 0 saturated heterocycles. The van der Waals surface area contributed by atoms with Gasteiger partial charge in [0.1, 0.15) is 0 Å². The molecule has 0 amide bonds. The van der Waals surface area contributed by atoms with Crippen molar-refractivity contribution in [1.29, 1.82) is 0 Å². The third kappa shape index (κ3) is 3.32.